The lowest BCUT2D eigenvalue weighted by Crippen LogP contribution is -2.34. The Morgan fingerprint density at radius 1 is 1.28 bits per heavy atom. The summed E-state index contributed by atoms with van der Waals surface area (Å²) in [7, 11) is -2.14. The number of ether oxygens (including phenoxy) is 1. The first-order valence-electron chi connectivity index (χ1n) is 8.16. The lowest BCUT2D eigenvalue weighted by Gasteiger charge is -2.22. The summed E-state index contributed by atoms with van der Waals surface area (Å²) in [5.41, 5.74) is 0.114. The highest BCUT2D eigenvalue weighted by atomic mass is 35.5. The largest absolute Gasteiger partial charge is 0.376 e. The smallest absolute Gasteiger partial charge is 0.255 e. The van der Waals surface area contributed by atoms with Crippen LogP contribution in [0.1, 0.15) is 36.0 Å². The van der Waals surface area contributed by atoms with E-state index in [0.29, 0.717) is 13.2 Å². The lowest BCUT2D eigenvalue weighted by atomic mass is 10.1. The van der Waals surface area contributed by atoms with Crippen molar-refractivity contribution in [3.63, 3.8) is 0 Å². The third-order valence-corrected chi connectivity index (χ3v) is 6.59. The molecule has 0 bridgehead atoms. The van der Waals surface area contributed by atoms with Gasteiger partial charge in [-0.15, -0.1) is 0 Å². The van der Waals surface area contributed by atoms with Gasteiger partial charge in [-0.2, -0.15) is 0 Å². The van der Waals surface area contributed by atoms with Gasteiger partial charge in [0, 0.05) is 26.2 Å². The molecule has 1 aliphatic carbocycles. The Hall–Kier alpha value is -0.860. The van der Waals surface area contributed by atoms with Crippen LogP contribution < -0.4 is 4.72 Å². The number of halogens is 2. The van der Waals surface area contributed by atoms with Gasteiger partial charge >= 0.3 is 0 Å². The first kappa shape index (κ1) is 18.9. The average Bonchev–Trinajstić information content (AvgIpc) is 3.18. The second kappa shape index (κ2) is 7.40. The second-order valence-electron chi connectivity index (χ2n) is 6.48. The Morgan fingerprint density at radius 3 is 2.60 bits per heavy atom. The molecule has 25 heavy (non-hydrogen) atoms. The molecule has 1 unspecified atom stereocenters. The van der Waals surface area contributed by atoms with E-state index >= 15 is 0 Å². The highest BCUT2D eigenvalue weighted by molar-refractivity contribution is 7.89. The number of likely N-dealkylation sites (N-methyl/N-ethyl adjacent to an activating group) is 1. The van der Waals surface area contributed by atoms with Crippen LogP contribution in [0.5, 0.6) is 0 Å². The fourth-order valence-corrected chi connectivity index (χ4v) is 4.92. The molecular weight excluding hydrogens is 387 g/mol. The Bertz CT molecular complexity index is 775. The SMILES string of the molecule is CN(CC1CCCO1)C(=O)c1cc(S(=O)(=O)NC2CC2)c(Cl)cc1Cl. The summed E-state index contributed by atoms with van der Waals surface area (Å²) >= 11 is 12.2. The van der Waals surface area contributed by atoms with Crippen LogP contribution in [0.2, 0.25) is 10.0 Å². The van der Waals surface area contributed by atoms with Crippen molar-refractivity contribution in [2.75, 3.05) is 20.2 Å². The zero-order valence-electron chi connectivity index (χ0n) is 13.8. The van der Waals surface area contributed by atoms with Crippen LogP contribution in [0, 0.1) is 0 Å². The number of nitrogens with zero attached hydrogens (tertiary/aromatic N) is 1. The molecule has 0 aromatic heterocycles. The number of carbonyl (C=O) groups is 1. The molecule has 0 spiro atoms. The molecule has 138 valence electrons. The normalized spacial score (nSPS) is 20.7. The standard InChI is InChI=1S/C16H20Cl2N2O4S/c1-20(9-11-3-2-6-24-11)16(21)12-7-15(14(18)8-13(12)17)25(22,23)19-10-4-5-10/h7-8,10-11,19H,2-6,9H2,1H3. The van der Waals surface area contributed by atoms with E-state index in [-0.39, 0.29) is 38.6 Å². The fraction of sp³-hybridized carbons (Fsp3) is 0.562. The topological polar surface area (TPSA) is 75.7 Å². The van der Waals surface area contributed by atoms with Crippen molar-refractivity contribution >= 4 is 39.1 Å². The maximum absolute atomic E-state index is 12.7. The minimum absolute atomic E-state index is 0.000220. The van der Waals surface area contributed by atoms with Gasteiger partial charge in [0.1, 0.15) is 4.90 Å². The molecule has 0 radical (unpaired) electrons. The van der Waals surface area contributed by atoms with Gasteiger partial charge in [-0.05, 0) is 37.8 Å². The summed E-state index contributed by atoms with van der Waals surface area (Å²) in [6.45, 7) is 1.13. The van der Waals surface area contributed by atoms with Crippen LogP contribution in [-0.2, 0) is 14.8 Å². The number of benzene rings is 1. The zero-order chi connectivity index (χ0) is 18.2. The van der Waals surface area contributed by atoms with Crippen molar-refractivity contribution < 1.29 is 17.9 Å². The summed E-state index contributed by atoms with van der Waals surface area (Å²) in [6.07, 6.45) is 3.49. The molecule has 1 heterocycles. The molecule has 1 aromatic rings. The van der Waals surface area contributed by atoms with Crippen LogP contribution >= 0.6 is 23.2 Å². The number of carbonyl (C=O) groups excluding carboxylic acids is 1. The molecule has 1 N–H and O–H groups in total. The quantitative estimate of drug-likeness (QED) is 0.787. The third-order valence-electron chi connectivity index (χ3n) is 4.29. The summed E-state index contributed by atoms with van der Waals surface area (Å²) in [4.78, 5) is 14.1. The molecule has 2 fully saturated rings. The molecule has 6 nitrogen and oxygen atoms in total. The second-order valence-corrected chi connectivity index (χ2v) is 8.98. The van der Waals surface area contributed by atoms with E-state index in [4.69, 9.17) is 27.9 Å². The van der Waals surface area contributed by atoms with Crippen LogP contribution in [0.3, 0.4) is 0 Å². The van der Waals surface area contributed by atoms with Gasteiger partial charge < -0.3 is 9.64 Å². The minimum Gasteiger partial charge on any atom is -0.376 e. The summed E-state index contributed by atoms with van der Waals surface area (Å²) < 4.78 is 33.0. The number of amides is 1. The highest BCUT2D eigenvalue weighted by Gasteiger charge is 2.31. The van der Waals surface area contributed by atoms with Crippen molar-refractivity contribution in [2.45, 2.75) is 42.7 Å². The summed E-state index contributed by atoms with van der Waals surface area (Å²) in [5, 5.41) is 0.121. The first-order valence-corrected chi connectivity index (χ1v) is 10.4. The van der Waals surface area contributed by atoms with Gasteiger partial charge in [0.25, 0.3) is 5.91 Å². The zero-order valence-corrected chi connectivity index (χ0v) is 16.1. The van der Waals surface area contributed by atoms with Crippen molar-refractivity contribution in [1.29, 1.82) is 0 Å². The van der Waals surface area contributed by atoms with Crippen molar-refractivity contribution in [2.24, 2.45) is 0 Å². The van der Waals surface area contributed by atoms with E-state index in [1.807, 2.05) is 0 Å². The van der Waals surface area contributed by atoms with Gasteiger partial charge in [0.2, 0.25) is 10.0 Å². The molecule has 1 aliphatic heterocycles. The number of rotatable bonds is 6. The number of hydrogen-bond acceptors (Lipinski definition) is 4. The molecular formula is C16H20Cl2N2O4S. The predicted molar refractivity (Wildman–Crippen MR) is 95.7 cm³/mol. The van der Waals surface area contributed by atoms with E-state index in [1.54, 1.807) is 7.05 Å². The van der Waals surface area contributed by atoms with Gasteiger partial charge in [0.15, 0.2) is 0 Å². The third kappa shape index (κ3) is 4.46. The molecule has 1 aromatic carbocycles. The summed E-state index contributed by atoms with van der Waals surface area (Å²) in [5.74, 6) is -0.361. The molecule has 9 heteroatoms. The highest BCUT2D eigenvalue weighted by Crippen LogP contribution is 2.31. The van der Waals surface area contributed by atoms with Crippen molar-refractivity contribution in [1.82, 2.24) is 9.62 Å². The number of nitrogens with one attached hydrogen (secondary N) is 1. The van der Waals surface area contributed by atoms with Crippen LogP contribution in [0.15, 0.2) is 17.0 Å². The monoisotopic (exact) mass is 406 g/mol. The Labute approximate surface area is 157 Å². The van der Waals surface area contributed by atoms with Gasteiger partial charge in [-0.25, -0.2) is 13.1 Å². The van der Waals surface area contributed by atoms with Crippen LogP contribution in [0.4, 0.5) is 0 Å². The van der Waals surface area contributed by atoms with E-state index in [9.17, 15) is 13.2 Å². The average molecular weight is 407 g/mol. The van der Waals surface area contributed by atoms with E-state index in [1.165, 1.54) is 17.0 Å². The Morgan fingerprint density at radius 2 is 2.00 bits per heavy atom. The predicted octanol–water partition coefficient (Wildman–Crippen LogP) is 2.69. The van der Waals surface area contributed by atoms with Crippen LogP contribution in [0.25, 0.3) is 0 Å². The van der Waals surface area contributed by atoms with Gasteiger partial charge in [-0.3, -0.25) is 4.79 Å². The molecule has 3 rings (SSSR count). The Kier molecular flexibility index (Phi) is 5.60. The molecule has 1 saturated carbocycles. The Balaban J connectivity index is 1.84. The van der Waals surface area contributed by atoms with Crippen molar-refractivity contribution in [3.8, 4) is 0 Å². The fourth-order valence-electron chi connectivity index (χ4n) is 2.77. The van der Waals surface area contributed by atoms with E-state index < -0.39 is 10.0 Å². The number of sulfonamides is 1. The number of hydrogen-bond donors (Lipinski definition) is 1. The first-order chi connectivity index (χ1) is 11.8. The molecule has 1 atom stereocenters. The maximum atomic E-state index is 12.7. The molecule has 1 saturated heterocycles. The summed E-state index contributed by atoms with van der Waals surface area (Å²) in [6, 6.07) is 2.50. The molecule has 1 amide bonds. The van der Waals surface area contributed by atoms with Gasteiger partial charge in [-0.1, -0.05) is 23.2 Å². The van der Waals surface area contributed by atoms with E-state index in [0.717, 1.165) is 25.7 Å². The molecule has 2 aliphatic rings. The minimum atomic E-state index is -3.78. The van der Waals surface area contributed by atoms with Crippen LogP contribution in [-0.4, -0.2) is 51.6 Å². The van der Waals surface area contributed by atoms with E-state index in [2.05, 4.69) is 4.72 Å². The lowest BCUT2D eigenvalue weighted by molar-refractivity contribution is 0.0587. The van der Waals surface area contributed by atoms with Gasteiger partial charge in [0.05, 0.1) is 21.7 Å². The maximum Gasteiger partial charge on any atom is 0.255 e. The van der Waals surface area contributed by atoms with Crippen molar-refractivity contribution in [3.05, 3.63) is 27.7 Å².